The predicted octanol–water partition coefficient (Wildman–Crippen LogP) is 4.33. The number of pyridine rings is 1. The largest absolute Gasteiger partial charge is 0.462 e. The van der Waals surface area contributed by atoms with Crippen LogP contribution in [-0.2, 0) is 17.6 Å². The van der Waals surface area contributed by atoms with E-state index in [1.807, 2.05) is 6.07 Å². The Hall–Kier alpha value is -2.40. The van der Waals surface area contributed by atoms with E-state index in [1.54, 1.807) is 6.92 Å². The quantitative estimate of drug-likeness (QED) is 0.713. The van der Waals surface area contributed by atoms with Crippen molar-refractivity contribution in [3.8, 4) is 0 Å². The maximum absolute atomic E-state index is 12.1. The lowest BCUT2D eigenvalue weighted by Gasteiger charge is -2.24. The molecular formula is C20H20N2O2S. The first-order valence-electron chi connectivity index (χ1n) is 8.60. The Labute approximate surface area is 150 Å². The molecule has 1 aliphatic rings. The van der Waals surface area contributed by atoms with Gasteiger partial charge in [0.15, 0.2) is 0 Å². The standard InChI is InChI=1S/C20H20N2O2S/c1-2-24-20(23)18-17(21)15-11-14-10-13(12-6-4-3-5-7-12)8-9-16(14)22-19(15)25-18/h3-7,11,13H,2,8-10,21H2,1H3/t13-/m0/s1. The molecule has 1 atom stereocenters. The smallest absolute Gasteiger partial charge is 0.350 e. The van der Waals surface area contributed by atoms with Crippen molar-refractivity contribution in [3.05, 3.63) is 58.1 Å². The average Bonchev–Trinajstić information content (AvgIpc) is 2.96. The summed E-state index contributed by atoms with van der Waals surface area (Å²) >= 11 is 1.33. The molecule has 1 aliphatic carbocycles. The molecule has 0 spiro atoms. The van der Waals surface area contributed by atoms with Gasteiger partial charge in [0.05, 0.1) is 12.3 Å². The fourth-order valence-electron chi connectivity index (χ4n) is 3.55. The molecule has 0 aliphatic heterocycles. The Balaban J connectivity index is 1.71. The van der Waals surface area contributed by atoms with Crippen molar-refractivity contribution in [1.29, 1.82) is 0 Å². The van der Waals surface area contributed by atoms with Crippen LogP contribution in [0.5, 0.6) is 0 Å². The van der Waals surface area contributed by atoms with Gasteiger partial charge in [-0.2, -0.15) is 0 Å². The highest BCUT2D eigenvalue weighted by molar-refractivity contribution is 7.21. The number of nitrogen functional groups attached to an aromatic ring is 1. The minimum atomic E-state index is -0.358. The van der Waals surface area contributed by atoms with Gasteiger partial charge in [0.25, 0.3) is 0 Å². The molecule has 2 aromatic heterocycles. The van der Waals surface area contributed by atoms with Crippen molar-refractivity contribution >= 4 is 33.2 Å². The number of anilines is 1. The van der Waals surface area contributed by atoms with E-state index in [4.69, 9.17) is 15.5 Å². The van der Waals surface area contributed by atoms with E-state index in [9.17, 15) is 4.79 Å². The Bertz CT molecular complexity index is 934. The van der Waals surface area contributed by atoms with Gasteiger partial charge in [-0.1, -0.05) is 30.3 Å². The molecule has 2 heterocycles. The normalized spacial score (nSPS) is 16.6. The lowest BCUT2D eigenvalue weighted by atomic mass is 9.82. The van der Waals surface area contributed by atoms with Crippen molar-refractivity contribution in [2.75, 3.05) is 12.3 Å². The predicted molar refractivity (Wildman–Crippen MR) is 101 cm³/mol. The third-order valence-electron chi connectivity index (χ3n) is 4.82. The summed E-state index contributed by atoms with van der Waals surface area (Å²) in [7, 11) is 0. The highest BCUT2D eigenvalue weighted by Crippen LogP contribution is 2.38. The van der Waals surface area contributed by atoms with Crippen molar-refractivity contribution < 1.29 is 9.53 Å². The number of aromatic nitrogens is 1. The summed E-state index contributed by atoms with van der Waals surface area (Å²) in [6.45, 7) is 2.14. The summed E-state index contributed by atoms with van der Waals surface area (Å²) in [6, 6.07) is 12.7. The number of nitrogens with two attached hydrogens (primary N) is 1. The van der Waals surface area contributed by atoms with Gasteiger partial charge in [-0.05, 0) is 49.3 Å². The molecule has 25 heavy (non-hydrogen) atoms. The molecule has 0 saturated carbocycles. The molecule has 0 bridgehead atoms. The maximum Gasteiger partial charge on any atom is 0.350 e. The summed E-state index contributed by atoms with van der Waals surface area (Å²) < 4.78 is 5.10. The number of hydrogen-bond donors (Lipinski definition) is 1. The first-order chi connectivity index (χ1) is 12.2. The van der Waals surface area contributed by atoms with Crippen LogP contribution < -0.4 is 5.73 Å². The third-order valence-corrected chi connectivity index (χ3v) is 5.91. The number of thiophene rings is 1. The van der Waals surface area contributed by atoms with Crippen LogP contribution in [0.4, 0.5) is 5.69 Å². The number of benzene rings is 1. The topological polar surface area (TPSA) is 65.2 Å². The highest BCUT2D eigenvalue weighted by atomic mass is 32.1. The van der Waals surface area contributed by atoms with Crippen molar-refractivity contribution in [2.45, 2.75) is 32.1 Å². The molecule has 0 amide bonds. The molecule has 0 fully saturated rings. The molecule has 1 aromatic carbocycles. The summed E-state index contributed by atoms with van der Waals surface area (Å²) in [6.07, 6.45) is 3.02. The number of ether oxygens (including phenoxy) is 1. The van der Waals surface area contributed by atoms with E-state index in [1.165, 1.54) is 22.5 Å². The number of carbonyl (C=O) groups is 1. The molecule has 0 saturated heterocycles. The molecular weight excluding hydrogens is 332 g/mol. The summed E-state index contributed by atoms with van der Waals surface area (Å²) in [5.41, 5.74) is 10.5. The fourth-order valence-corrected chi connectivity index (χ4v) is 4.54. The minimum Gasteiger partial charge on any atom is -0.462 e. The lowest BCUT2D eigenvalue weighted by Crippen LogP contribution is -2.14. The van der Waals surface area contributed by atoms with Gasteiger partial charge >= 0.3 is 5.97 Å². The van der Waals surface area contributed by atoms with E-state index >= 15 is 0 Å². The second kappa shape index (κ2) is 6.48. The van der Waals surface area contributed by atoms with Crippen molar-refractivity contribution in [1.82, 2.24) is 4.98 Å². The zero-order valence-electron chi connectivity index (χ0n) is 14.1. The zero-order chi connectivity index (χ0) is 17.4. The van der Waals surface area contributed by atoms with Crippen molar-refractivity contribution in [2.24, 2.45) is 0 Å². The molecule has 2 N–H and O–H groups in total. The fraction of sp³-hybridized carbons (Fsp3) is 0.300. The number of carbonyl (C=O) groups excluding carboxylic acids is 1. The lowest BCUT2D eigenvalue weighted by molar-refractivity contribution is 0.0533. The summed E-state index contributed by atoms with van der Waals surface area (Å²) in [5.74, 6) is 0.153. The number of aryl methyl sites for hydroxylation is 1. The average molecular weight is 352 g/mol. The van der Waals surface area contributed by atoms with E-state index in [2.05, 4.69) is 30.3 Å². The monoisotopic (exact) mass is 352 g/mol. The molecule has 0 unspecified atom stereocenters. The summed E-state index contributed by atoms with van der Waals surface area (Å²) in [5, 5.41) is 0.875. The molecule has 5 heteroatoms. The van der Waals surface area contributed by atoms with E-state index < -0.39 is 0 Å². The van der Waals surface area contributed by atoms with Gasteiger partial charge < -0.3 is 10.5 Å². The van der Waals surface area contributed by atoms with Crippen LogP contribution in [0.3, 0.4) is 0 Å². The van der Waals surface area contributed by atoms with E-state index in [-0.39, 0.29) is 5.97 Å². The number of hydrogen-bond acceptors (Lipinski definition) is 5. The zero-order valence-corrected chi connectivity index (χ0v) is 14.9. The van der Waals surface area contributed by atoms with Gasteiger partial charge in [-0.15, -0.1) is 11.3 Å². The summed E-state index contributed by atoms with van der Waals surface area (Å²) in [4.78, 5) is 18.2. The molecule has 4 nitrogen and oxygen atoms in total. The minimum absolute atomic E-state index is 0.342. The Morgan fingerprint density at radius 3 is 2.92 bits per heavy atom. The SMILES string of the molecule is CCOC(=O)c1sc2nc3c(cc2c1N)C[C@@H](c1ccccc1)CC3. The van der Waals surface area contributed by atoms with Gasteiger partial charge in [0.1, 0.15) is 9.71 Å². The Kier molecular flexibility index (Phi) is 4.17. The highest BCUT2D eigenvalue weighted by Gasteiger charge is 2.24. The van der Waals surface area contributed by atoms with E-state index in [0.29, 0.717) is 23.1 Å². The van der Waals surface area contributed by atoms with Crippen LogP contribution in [0.2, 0.25) is 0 Å². The van der Waals surface area contributed by atoms with Crippen LogP contribution >= 0.6 is 11.3 Å². The van der Waals surface area contributed by atoms with Gasteiger partial charge in [-0.3, -0.25) is 0 Å². The molecule has 0 radical (unpaired) electrons. The van der Waals surface area contributed by atoms with Crippen LogP contribution in [0.15, 0.2) is 36.4 Å². The van der Waals surface area contributed by atoms with E-state index in [0.717, 1.165) is 35.2 Å². The van der Waals surface area contributed by atoms with Crippen LogP contribution in [0.1, 0.15) is 45.8 Å². The van der Waals surface area contributed by atoms with Crippen LogP contribution in [-0.4, -0.2) is 17.6 Å². The second-order valence-corrected chi connectivity index (χ2v) is 7.36. The number of fused-ring (bicyclic) bond motifs is 2. The van der Waals surface area contributed by atoms with Crippen LogP contribution in [0.25, 0.3) is 10.2 Å². The Morgan fingerprint density at radius 2 is 2.16 bits per heavy atom. The van der Waals surface area contributed by atoms with Crippen molar-refractivity contribution in [3.63, 3.8) is 0 Å². The van der Waals surface area contributed by atoms with Gasteiger partial charge in [0, 0.05) is 11.1 Å². The molecule has 4 rings (SSSR count). The molecule has 128 valence electrons. The second-order valence-electron chi connectivity index (χ2n) is 6.36. The van der Waals surface area contributed by atoms with Gasteiger partial charge in [-0.25, -0.2) is 9.78 Å². The first-order valence-corrected chi connectivity index (χ1v) is 9.41. The molecule has 3 aromatic rings. The maximum atomic E-state index is 12.1. The number of esters is 1. The first kappa shape index (κ1) is 16.1. The number of rotatable bonds is 3. The van der Waals surface area contributed by atoms with Crippen LogP contribution in [0, 0.1) is 0 Å². The third kappa shape index (κ3) is 2.89. The Morgan fingerprint density at radius 1 is 1.36 bits per heavy atom. The number of nitrogens with zero attached hydrogens (tertiary/aromatic N) is 1. The van der Waals surface area contributed by atoms with Gasteiger partial charge in [0.2, 0.25) is 0 Å².